The lowest BCUT2D eigenvalue weighted by molar-refractivity contribution is 0.627. The van der Waals surface area contributed by atoms with Crippen molar-refractivity contribution in [2.24, 2.45) is 0 Å². The molecule has 1 saturated carbocycles. The Balaban J connectivity index is 2.13. The first kappa shape index (κ1) is 14.7. The zero-order valence-electron chi connectivity index (χ0n) is 12.1. The third kappa shape index (κ3) is 3.02. The van der Waals surface area contributed by atoms with Crippen LogP contribution < -0.4 is 5.32 Å². The predicted molar refractivity (Wildman–Crippen MR) is 91.0 cm³/mol. The van der Waals surface area contributed by atoms with Gasteiger partial charge in [-0.3, -0.25) is 0 Å². The molecule has 110 valence electrons. The van der Waals surface area contributed by atoms with E-state index in [0.29, 0.717) is 11.7 Å². The smallest absolute Gasteiger partial charge is 0.162 e. The van der Waals surface area contributed by atoms with Crippen LogP contribution in [0.5, 0.6) is 0 Å². The van der Waals surface area contributed by atoms with Crippen LogP contribution in [0, 0.1) is 16.3 Å². The summed E-state index contributed by atoms with van der Waals surface area (Å²) in [6, 6.07) is 4.76. The minimum atomic E-state index is -0.226. The molecule has 5 heteroatoms. The monoisotopic (exact) mass is 397 g/mol. The van der Waals surface area contributed by atoms with E-state index in [4.69, 9.17) is 4.98 Å². The molecule has 21 heavy (non-hydrogen) atoms. The van der Waals surface area contributed by atoms with E-state index in [0.717, 1.165) is 32.8 Å². The van der Waals surface area contributed by atoms with E-state index in [1.54, 1.807) is 6.07 Å². The van der Waals surface area contributed by atoms with E-state index in [-0.39, 0.29) is 5.82 Å². The van der Waals surface area contributed by atoms with E-state index >= 15 is 0 Å². The minimum absolute atomic E-state index is 0.226. The SMILES string of the molecule is CCNc1nc(-c2ccc(F)cc2C)nc(C2CC2)c1I. The Morgan fingerprint density at radius 2 is 2.10 bits per heavy atom. The molecule has 0 unspecified atom stereocenters. The van der Waals surface area contributed by atoms with Crippen LogP contribution in [-0.4, -0.2) is 16.5 Å². The van der Waals surface area contributed by atoms with Crippen LogP contribution in [0.15, 0.2) is 18.2 Å². The Hall–Kier alpha value is -1.24. The standard InChI is InChI=1S/C16H17FIN3/c1-3-19-16-13(18)14(10-4-5-10)20-15(21-16)12-7-6-11(17)8-9(12)2/h6-8,10H,3-5H2,1-2H3,(H,19,20,21). The van der Waals surface area contributed by atoms with E-state index in [9.17, 15) is 4.39 Å². The van der Waals surface area contributed by atoms with Crippen LogP contribution >= 0.6 is 22.6 Å². The van der Waals surface area contributed by atoms with Crippen molar-refractivity contribution in [1.29, 1.82) is 0 Å². The molecule has 0 bridgehead atoms. The molecule has 0 saturated heterocycles. The van der Waals surface area contributed by atoms with Gasteiger partial charge in [0, 0.05) is 18.0 Å². The van der Waals surface area contributed by atoms with Crippen molar-refractivity contribution in [1.82, 2.24) is 9.97 Å². The third-order valence-corrected chi connectivity index (χ3v) is 4.68. The first-order valence-electron chi connectivity index (χ1n) is 7.18. The number of rotatable bonds is 4. The van der Waals surface area contributed by atoms with Gasteiger partial charge in [0.2, 0.25) is 0 Å². The molecule has 2 aromatic rings. The summed E-state index contributed by atoms with van der Waals surface area (Å²) in [5.74, 6) is 1.90. The molecule has 3 nitrogen and oxygen atoms in total. The van der Waals surface area contributed by atoms with Gasteiger partial charge in [0.05, 0.1) is 9.26 Å². The molecule has 0 radical (unpaired) electrons. The molecule has 1 aromatic heterocycles. The minimum Gasteiger partial charge on any atom is -0.369 e. The Kier molecular flexibility index (Phi) is 4.10. The van der Waals surface area contributed by atoms with Crippen LogP contribution in [0.2, 0.25) is 0 Å². The zero-order chi connectivity index (χ0) is 15.0. The van der Waals surface area contributed by atoms with E-state index in [2.05, 4.69) is 39.8 Å². The Morgan fingerprint density at radius 3 is 2.71 bits per heavy atom. The summed E-state index contributed by atoms with van der Waals surface area (Å²) >= 11 is 2.32. The third-order valence-electron chi connectivity index (χ3n) is 3.61. The summed E-state index contributed by atoms with van der Waals surface area (Å²) in [4.78, 5) is 9.40. The average Bonchev–Trinajstić information content (AvgIpc) is 3.26. The van der Waals surface area contributed by atoms with E-state index < -0.39 is 0 Å². The Bertz CT molecular complexity index is 683. The van der Waals surface area contributed by atoms with Gasteiger partial charge in [-0.2, -0.15) is 0 Å². The Labute approximate surface area is 137 Å². The molecule has 1 aromatic carbocycles. The topological polar surface area (TPSA) is 37.8 Å². The summed E-state index contributed by atoms with van der Waals surface area (Å²) in [5, 5.41) is 3.31. The molecule has 1 fully saturated rings. The maximum atomic E-state index is 13.3. The van der Waals surface area contributed by atoms with Crippen molar-refractivity contribution in [2.75, 3.05) is 11.9 Å². The van der Waals surface area contributed by atoms with Gasteiger partial charge >= 0.3 is 0 Å². The maximum Gasteiger partial charge on any atom is 0.162 e. The van der Waals surface area contributed by atoms with Crippen molar-refractivity contribution in [3.05, 3.63) is 38.8 Å². The number of nitrogens with one attached hydrogen (secondary N) is 1. The molecule has 1 N–H and O–H groups in total. The van der Waals surface area contributed by atoms with Crippen LogP contribution in [0.1, 0.15) is 36.9 Å². The number of nitrogens with zero attached hydrogens (tertiary/aromatic N) is 2. The van der Waals surface area contributed by atoms with Crippen molar-refractivity contribution in [3.63, 3.8) is 0 Å². The lowest BCUT2D eigenvalue weighted by atomic mass is 10.1. The summed E-state index contributed by atoms with van der Waals surface area (Å²) in [6.07, 6.45) is 2.39. The second-order valence-corrected chi connectivity index (χ2v) is 6.44. The number of hydrogen-bond acceptors (Lipinski definition) is 3. The predicted octanol–water partition coefficient (Wildman–Crippen LogP) is 4.50. The van der Waals surface area contributed by atoms with Crippen molar-refractivity contribution >= 4 is 28.4 Å². The Morgan fingerprint density at radius 1 is 1.33 bits per heavy atom. The van der Waals surface area contributed by atoms with Gasteiger partial charge in [-0.05, 0) is 73.0 Å². The van der Waals surface area contributed by atoms with Gasteiger partial charge in [0.25, 0.3) is 0 Å². The lowest BCUT2D eigenvalue weighted by Gasteiger charge is -2.13. The fourth-order valence-electron chi connectivity index (χ4n) is 2.37. The van der Waals surface area contributed by atoms with Crippen LogP contribution in [-0.2, 0) is 0 Å². The van der Waals surface area contributed by atoms with Crippen LogP contribution in [0.4, 0.5) is 10.2 Å². The quantitative estimate of drug-likeness (QED) is 0.772. The molecule has 3 rings (SSSR count). The van der Waals surface area contributed by atoms with Gasteiger partial charge in [-0.15, -0.1) is 0 Å². The summed E-state index contributed by atoms with van der Waals surface area (Å²) in [6.45, 7) is 4.76. The van der Waals surface area contributed by atoms with Crippen molar-refractivity contribution < 1.29 is 4.39 Å². The molecule has 0 aliphatic heterocycles. The van der Waals surface area contributed by atoms with E-state index in [1.165, 1.54) is 25.0 Å². The van der Waals surface area contributed by atoms with Gasteiger partial charge in [-0.1, -0.05) is 0 Å². The number of hydrogen-bond donors (Lipinski definition) is 1. The number of aromatic nitrogens is 2. The number of aryl methyl sites for hydroxylation is 1. The normalized spacial score (nSPS) is 14.3. The van der Waals surface area contributed by atoms with Crippen molar-refractivity contribution in [3.8, 4) is 11.4 Å². The first-order valence-corrected chi connectivity index (χ1v) is 8.26. The highest BCUT2D eigenvalue weighted by molar-refractivity contribution is 14.1. The van der Waals surface area contributed by atoms with Gasteiger partial charge < -0.3 is 5.32 Å². The summed E-state index contributed by atoms with van der Waals surface area (Å²) < 4.78 is 14.4. The molecule has 0 atom stereocenters. The number of anilines is 1. The summed E-state index contributed by atoms with van der Waals surface area (Å²) in [5.41, 5.74) is 2.88. The lowest BCUT2D eigenvalue weighted by Crippen LogP contribution is -2.08. The fraction of sp³-hybridized carbons (Fsp3) is 0.375. The van der Waals surface area contributed by atoms with E-state index in [1.807, 2.05) is 6.92 Å². The molecule has 0 spiro atoms. The molecule has 0 amide bonds. The number of benzene rings is 1. The second-order valence-electron chi connectivity index (χ2n) is 5.36. The molecular weight excluding hydrogens is 380 g/mol. The molecule has 1 heterocycles. The maximum absolute atomic E-state index is 13.3. The highest BCUT2D eigenvalue weighted by atomic mass is 127. The zero-order valence-corrected chi connectivity index (χ0v) is 14.2. The second kappa shape index (κ2) is 5.87. The summed E-state index contributed by atoms with van der Waals surface area (Å²) in [7, 11) is 0. The fourth-order valence-corrected chi connectivity index (χ4v) is 3.25. The average molecular weight is 397 g/mol. The largest absolute Gasteiger partial charge is 0.369 e. The van der Waals surface area contributed by atoms with Gasteiger partial charge in [0.15, 0.2) is 5.82 Å². The van der Waals surface area contributed by atoms with Gasteiger partial charge in [-0.25, -0.2) is 14.4 Å². The molecular formula is C16H17FIN3. The van der Waals surface area contributed by atoms with Gasteiger partial charge in [0.1, 0.15) is 11.6 Å². The highest BCUT2D eigenvalue weighted by Crippen LogP contribution is 2.43. The van der Waals surface area contributed by atoms with Crippen LogP contribution in [0.25, 0.3) is 11.4 Å². The van der Waals surface area contributed by atoms with Crippen molar-refractivity contribution in [2.45, 2.75) is 32.6 Å². The molecule has 1 aliphatic carbocycles. The number of halogens is 2. The first-order chi connectivity index (χ1) is 10.1. The molecule has 1 aliphatic rings. The van der Waals surface area contributed by atoms with Crippen LogP contribution in [0.3, 0.4) is 0 Å². The highest BCUT2D eigenvalue weighted by Gasteiger charge is 2.29.